The van der Waals surface area contributed by atoms with E-state index in [1.807, 2.05) is 29.1 Å². The Bertz CT molecular complexity index is 1170. The minimum absolute atomic E-state index is 0.503. The Labute approximate surface area is 182 Å². The first-order valence-corrected chi connectivity index (χ1v) is 10.6. The molecule has 9 heteroatoms. The lowest BCUT2D eigenvalue weighted by atomic mass is 10.2. The minimum atomic E-state index is 0.503. The number of aryl methyl sites for hydroxylation is 1. The van der Waals surface area contributed by atoms with Gasteiger partial charge in [0.1, 0.15) is 11.6 Å². The van der Waals surface area contributed by atoms with Crippen molar-refractivity contribution in [2.45, 2.75) is 13.5 Å². The van der Waals surface area contributed by atoms with Crippen LogP contribution in [0.1, 0.15) is 11.3 Å². The number of hydrogen-bond donors (Lipinski definition) is 1. The molecule has 5 rings (SSSR count). The molecule has 30 heavy (non-hydrogen) atoms. The maximum atomic E-state index is 5.52. The number of benzene rings is 1. The highest BCUT2D eigenvalue weighted by atomic mass is 79.9. The van der Waals surface area contributed by atoms with Crippen LogP contribution < -0.4 is 10.2 Å². The number of hydrogen-bond acceptors (Lipinski definition) is 7. The summed E-state index contributed by atoms with van der Waals surface area (Å²) >= 11 is 3.67. The molecule has 0 aliphatic carbocycles. The van der Waals surface area contributed by atoms with E-state index < -0.39 is 0 Å². The van der Waals surface area contributed by atoms with Crippen LogP contribution in [0.3, 0.4) is 0 Å². The van der Waals surface area contributed by atoms with Crippen molar-refractivity contribution >= 4 is 38.7 Å². The molecule has 4 aromatic rings. The SMILES string of the molecule is Cc1ccc(-n2ncc3c(N4CCOCC4)nc(NCc4ccco4)nc32)c(Br)c1. The Morgan fingerprint density at radius 3 is 2.80 bits per heavy atom. The Morgan fingerprint density at radius 1 is 1.17 bits per heavy atom. The Morgan fingerprint density at radius 2 is 2.03 bits per heavy atom. The monoisotopic (exact) mass is 468 g/mol. The summed E-state index contributed by atoms with van der Waals surface area (Å²) in [6.45, 7) is 5.48. The lowest BCUT2D eigenvalue weighted by molar-refractivity contribution is 0.122. The van der Waals surface area contributed by atoms with Crippen LogP contribution in [0.5, 0.6) is 0 Å². The first-order valence-electron chi connectivity index (χ1n) is 9.80. The zero-order valence-corrected chi connectivity index (χ0v) is 18.1. The Hall–Kier alpha value is -2.91. The smallest absolute Gasteiger partial charge is 0.227 e. The summed E-state index contributed by atoms with van der Waals surface area (Å²) in [5.74, 6) is 2.21. The summed E-state index contributed by atoms with van der Waals surface area (Å²) in [5.41, 5.74) is 2.85. The third kappa shape index (κ3) is 3.66. The average molecular weight is 469 g/mol. The molecule has 0 radical (unpaired) electrons. The van der Waals surface area contributed by atoms with Gasteiger partial charge in [0, 0.05) is 17.6 Å². The van der Waals surface area contributed by atoms with E-state index in [1.54, 1.807) is 6.26 Å². The number of nitrogens with zero attached hydrogens (tertiary/aromatic N) is 5. The van der Waals surface area contributed by atoms with Gasteiger partial charge in [-0.15, -0.1) is 0 Å². The predicted molar refractivity (Wildman–Crippen MR) is 118 cm³/mol. The second-order valence-electron chi connectivity index (χ2n) is 7.15. The average Bonchev–Trinajstić information content (AvgIpc) is 3.42. The second-order valence-corrected chi connectivity index (χ2v) is 8.01. The van der Waals surface area contributed by atoms with E-state index in [-0.39, 0.29) is 0 Å². The van der Waals surface area contributed by atoms with Crippen LogP contribution >= 0.6 is 15.9 Å². The highest BCUT2D eigenvalue weighted by Gasteiger charge is 2.21. The van der Waals surface area contributed by atoms with Crippen molar-refractivity contribution in [3.8, 4) is 5.69 Å². The van der Waals surface area contributed by atoms with Gasteiger partial charge in [-0.05, 0) is 52.7 Å². The number of anilines is 2. The van der Waals surface area contributed by atoms with Crippen molar-refractivity contribution in [3.63, 3.8) is 0 Å². The molecule has 3 aromatic heterocycles. The van der Waals surface area contributed by atoms with Crippen molar-refractivity contribution < 1.29 is 9.15 Å². The summed E-state index contributed by atoms with van der Waals surface area (Å²) in [7, 11) is 0. The minimum Gasteiger partial charge on any atom is -0.467 e. The van der Waals surface area contributed by atoms with E-state index in [0.29, 0.717) is 25.7 Å². The number of aromatic nitrogens is 4. The third-order valence-electron chi connectivity index (χ3n) is 5.05. The Kier molecular flexibility index (Phi) is 5.14. The van der Waals surface area contributed by atoms with Gasteiger partial charge in [-0.25, -0.2) is 4.68 Å². The molecule has 1 N–H and O–H groups in total. The molecule has 0 saturated carbocycles. The van der Waals surface area contributed by atoms with Crippen LogP contribution in [0, 0.1) is 6.92 Å². The standard InChI is InChI=1S/C21H21BrN6O2/c1-14-4-5-18(17(22)11-14)28-20-16(13-24-28)19(27-6-9-29-10-7-27)25-21(26-20)23-12-15-3-2-8-30-15/h2-5,8,11,13H,6-7,9-10,12H2,1H3,(H,23,25,26). The van der Waals surface area contributed by atoms with Gasteiger partial charge in [-0.1, -0.05) is 6.07 Å². The van der Waals surface area contributed by atoms with Crippen molar-refractivity contribution in [1.82, 2.24) is 19.7 Å². The molecule has 1 aliphatic heterocycles. The molecule has 0 amide bonds. The summed E-state index contributed by atoms with van der Waals surface area (Å²) in [6.07, 6.45) is 3.49. The fourth-order valence-corrected chi connectivity index (χ4v) is 4.19. The predicted octanol–water partition coefficient (Wildman–Crippen LogP) is 3.93. The van der Waals surface area contributed by atoms with Crippen molar-refractivity contribution in [3.05, 3.63) is 58.6 Å². The highest BCUT2D eigenvalue weighted by molar-refractivity contribution is 9.10. The van der Waals surface area contributed by atoms with Crippen LogP contribution in [0.2, 0.25) is 0 Å². The van der Waals surface area contributed by atoms with E-state index in [2.05, 4.69) is 50.3 Å². The summed E-state index contributed by atoms with van der Waals surface area (Å²) in [4.78, 5) is 11.8. The number of morpholine rings is 1. The molecule has 1 aromatic carbocycles. The summed E-state index contributed by atoms with van der Waals surface area (Å²) in [6, 6.07) is 9.96. The number of nitrogens with one attached hydrogen (secondary N) is 1. The number of furan rings is 1. The quantitative estimate of drug-likeness (QED) is 0.475. The fraction of sp³-hybridized carbons (Fsp3) is 0.286. The van der Waals surface area contributed by atoms with E-state index in [0.717, 1.165) is 45.9 Å². The zero-order chi connectivity index (χ0) is 20.5. The van der Waals surface area contributed by atoms with Crippen LogP contribution in [0.4, 0.5) is 11.8 Å². The van der Waals surface area contributed by atoms with Gasteiger partial charge >= 0.3 is 0 Å². The molecule has 8 nitrogen and oxygen atoms in total. The number of fused-ring (bicyclic) bond motifs is 1. The first-order chi connectivity index (χ1) is 14.7. The molecule has 0 atom stereocenters. The highest BCUT2D eigenvalue weighted by Crippen LogP contribution is 2.30. The Balaban J connectivity index is 1.60. The van der Waals surface area contributed by atoms with Crippen LogP contribution in [-0.2, 0) is 11.3 Å². The molecular weight excluding hydrogens is 448 g/mol. The molecular formula is C21H21BrN6O2. The lowest BCUT2D eigenvalue weighted by Gasteiger charge is -2.28. The largest absolute Gasteiger partial charge is 0.467 e. The molecule has 4 heterocycles. The van der Waals surface area contributed by atoms with Gasteiger partial charge in [0.25, 0.3) is 0 Å². The maximum absolute atomic E-state index is 5.52. The fourth-order valence-electron chi connectivity index (χ4n) is 3.53. The van der Waals surface area contributed by atoms with Gasteiger partial charge < -0.3 is 19.4 Å². The van der Waals surface area contributed by atoms with Crippen LogP contribution in [0.25, 0.3) is 16.7 Å². The van der Waals surface area contributed by atoms with E-state index in [4.69, 9.17) is 19.1 Å². The van der Waals surface area contributed by atoms with Gasteiger partial charge in [-0.3, -0.25) is 0 Å². The number of halogens is 1. The normalized spacial score (nSPS) is 14.4. The van der Waals surface area contributed by atoms with Crippen LogP contribution in [0.15, 0.2) is 51.7 Å². The van der Waals surface area contributed by atoms with Crippen molar-refractivity contribution in [2.24, 2.45) is 0 Å². The van der Waals surface area contributed by atoms with Gasteiger partial charge in [0.05, 0.1) is 43.3 Å². The second kappa shape index (κ2) is 8.08. The number of ether oxygens (including phenoxy) is 1. The molecule has 1 saturated heterocycles. The van der Waals surface area contributed by atoms with Gasteiger partial charge in [0.2, 0.25) is 5.95 Å². The van der Waals surface area contributed by atoms with E-state index in [9.17, 15) is 0 Å². The van der Waals surface area contributed by atoms with E-state index in [1.165, 1.54) is 5.56 Å². The topological polar surface area (TPSA) is 81.2 Å². The summed E-state index contributed by atoms with van der Waals surface area (Å²) < 4.78 is 13.8. The van der Waals surface area contributed by atoms with Crippen molar-refractivity contribution in [2.75, 3.05) is 36.5 Å². The number of rotatable bonds is 5. The lowest BCUT2D eigenvalue weighted by Crippen LogP contribution is -2.37. The van der Waals surface area contributed by atoms with Gasteiger partial charge in [-0.2, -0.15) is 15.1 Å². The molecule has 1 fully saturated rings. The maximum Gasteiger partial charge on any atom is 0.227 e. The van der Waals surface area contributed by atoms with Crippen molar-refractivity contribution in [1.29, 1.82) is 0 Å². The molecule has 1 aliphatic rings. The molecule has 0 bridgehead atoms. The van der Waals surface area contributed by atoms with Gasteiger partial charge in [0.15, 0.2) is 5.65 Å². The molecule has 154 valence electrons. The molecule has 0 unspecified atom stereocenters. The third-order valence-corrected chi connectivity index (χ3v) is 5.69. The van der Waals surface area contributed by atoms with Crippen LogP contribution in [-0.4, -0.2) is 46.1 Å². The summed E-state index contributed by atoms with van der Waals surface area (Å²) in [5, 5.41) is 8.84. The molecule has 0 spiro atoms. The zero-order valence-electron chi connectivity index (χ0n) is 16.5. The van der Waals surface area contributed by atoms with E-state index >= 15 is 0 Å². The first kappa shape index (κ1) is 19.1.